The van der Waals surface area contributed by atoms with Crippen LogP contribution < -0.4 is 9.64 Å². The quantitative estimate of drug-likeness (QED) is 0.818. The van der Waals surface area contributed by atoms with Crippen molar-refractivity contribution in [3.05, 3.63) is 53.3 Å². The van der Waals surface area contributed by atoms with Crippen LogP contribution in [0.3, 0.4) is 0 Å². The molecule has 1 aromatic heterocycles. The minimum absolute atomic E-state index is 0.00204. The Morgan fingerprint density at radius 2 is 2.09 bits per heavy atom. The van der Waals surface area contributed by atoms with Crippen LogP contribution >= 0.6 is 0 Å². The van der Waals surface area contributed by atoms with Gasteiger partial charge >= 0.3 is 0 Å². The first-order chi connectivity index (χ1) is 11.0. The van der Waals surface area contributed by atoms with Crippen LogP contribution in [0.1, 0.15) is 23.7 Å². The number of halogens is 1. The summed E-state index contributed by atoms with van der Waals surface area (Å²) in [7, 11) is 0. The number of carbonyl (C=O) groups is 1. The minimum atomic E-state index is -0.550. The van der Waals surface area contributed by atoms with E-state index in [1.807, 2.05) is 38.1 Å². The van der Waals surface area contributed by atoms with E-state index in [0.29, 0.717) is 12.3 Å². The molecule has 2 rings (SSSR count). The number of nitrogens with zero attached hydrogens (tertiary/aromatic N) is 2. The number of anilines is 1. The van der Waals surface area contributed by atoms with Crippen molar-refractivity contribution >= 4 is 11.6 Å². The lowest BCUT2D eigenvalue weighted by atomic mass is 10.1. The van der Waals surface area contributed by atoms with E-state index in [1.165, 1.54) is 6.92 Å². The lowest BCUT2D eigenvalue weighted by molar-refractivity contribution is -0.116. The maximum absolute atomic E-state index is 12.4. The molecule has 1 amide bonds. The second-order valence-electron chi connectivity index (χ2n) is 5.36. The van der Waals surface area contributed by atoms with Crippen molar-refractivity contribution < 1.29 is 13.9 Å². The highest BCUT2D eigenvalue weighted by molar-refractivity contribution is 5.92. The average molecular weight is 316 g/mol. The molecule has 0 unspecified atom stereocenters. The molecule has 4 nitrogen and oxygen atoms in total. The van der Waals surface area contributed by atoms with Crippen molar-refractivity contribution in [2.75, 3.05) is 18.2 Å². The van der Waals surface area contributed by atoms with Gasteiger partial charge in [0.1, 0.15) is 19.0 Å². The topological polar surface area (TPSA) is 42.4 Å². The lowest BCUT2D eigenvalue weighted by Gasteiger charge is -2.24. The molecular weight excluding hydrogens is 295 g/mol. The summed E-state index contributed by atoms with van der Waals surface area (Å²) in [6, 6.07) is 9.34. The highest BCUT2D eigenvalue weighted by atomic mass is 19.1. The normalized spacial score (nSPS) is 10.4. The van der Waals surface area contributed by atoms with E-state index >= 15 is 0 Å². The summed E-state index contributed by atoms with van der Waals surface area (Å²) in [6.45, 7) is 5.15. The second-order valence-corrected chi connectivity index (χ2v) is 5.36. The summed E-state index contributed by atoms with van der Waals surface area (Å²) in [6.07, 6.45) is 1.69. The first-order valence-corrected chi connectivity index (χ1v) is 7.51. The smallest absolute Gasteiger partial charge is 0.224 e. The molecule has 0 radical (unpaired) electrons. The zero-order valence-corrected chi connectivity index (χ0v) is 13.7. The number of amides is 1. The minimum Gasteiger partial charge on any atom is -0.491 e. The Morgan fingerprint density at radius 1 is 1.30 bits per heavy atom. The molecule has 1 heterocycles. The van der Waals surface area contributed by atoms with Crippen molar-refractivity contribution in [1.82, 2.24) is 4.98 Å². The van der Waals surface area contributed by atoms with Gasteiger partial charge in [0.15, 0.2) is 0 Å². The van der Waals surface area contributed by atoms with Gasteiger partial charge in [-0.3, -0.25) is 9.78 Å². The number of aromatic nitrogens is 1. The highest BCUT2D eigenvalue weighted by Crippen LogP contribution is 2.26. The molecule has 0 fully saturated rings. The van der Waals surface area contributed by atoms with Crippen LogP contribution in [0.2, 0.25) is 0 Å². The van der Waals surface area contributed by atoms with Gasteiger partial charge in [-0.05, 0) is 32.0 Å². The summed E-state index contributed by atoms with van der Waals surface area (Å²) in [5.74, 6) is 0.514. The summed E-state index contributed by atoms with van der Waals surface area (Å²) >= 11 is 0. The predicted molar refractivity (Wildman–Crippen MR) is 88.5 cm³/mol. The predicted octanol–water partition coefficient (Wildman–Crippen LogP) is 3.60. The zero-order chi connectivity index (χ0) is 16.8. The van der Waals surface area contributed by atoms with Gasteiger partial charge < -0.3 is 9.64 Å². The summed E-state index contributed by atoms with van der Waals surface area (Å²) in [4.78, 5) is 18.0. The number of hydrogen-bond acceptors (Lipinski definition) is 3. The molecule has 0 saturated carbocycles. The summed E-state index contributed by atoms with van der Waals surface area (Å²) in [5, 5.41) is 0. The van der Waals surface area contributed by atoms with E-state index in [1.54, 1.807) is 17.2 Å². The van der Waals surface area contributed by atoms with Gasteiger partial charge in [0.2, 0.25) is 5.91 Å². The molecule has 122 valence electrons. The van der Waals surface area contributed by atoms with E-state index in [9.17, 15) is 9.18 Å². The zero-order valence-electron chi connectivity index (χ0n) is 13.7. The van der Waals surface area contributed by atoms with Crippen LogP contribution in [0.5, 0.6) is 5.75 Å². The standard InChI is InChI=1S/C18H21FN2O2/c1-13-6-7-18(23-10-8-19)16(11-13)12-21(15(3)22)17-5-4-9-20-14(17)2/h4-7,9,11H,8,10,12H2,1-3H3. The first kappa shape index (κ1) is 16.9. The molecule has 0 atom stereocenters. The number of pyridine rings is 1. The van der Waals surface area contributed by atoms with Crippen molar-refractivity contribution in [2.24, 2.45) is 0 Å². The maximum atomic E-state index is 12.4. The third-order valence-corrected chi connectivity index (χ3v) is 3.53. The van der Waals surface area contributed by atoms with Crippen LogP contribution in [-0.4, -0.2) is 24.2 Å². The number of carbonyl (C=O) groups excluding carboxylic acids is 1. The van der Waals surface area contributed by atoms with Crippen molar-refractivity contribution in [1.29, 1.82) is 0 Å². The van der Waals surface area contributed by atoms with E-state index < -0.39 is 6.67 Å². The first-order valence-electron chi connectivity index (χ1n) is 7.51. The molecular formula is C18H21FN2O2. The number of aryl methyl sites for hydroxylation is 2. The number of ether oxygens (including phenoxy) is 1. The molecule has 0 saturated heterocycles. The molecule has 0 bridgehead atoms. The number of alkyl halides is 1. The summed E-state index contributed by atoms with van der Waals surface area (Å²) < 4.78 is 17.9. The molecule has 0 aliphatic heterocycles. The van der Waals surface area contributed by atoms with Gasteiger partial charge in [0.25, 0.3) is 0 Å². The van der Waals surface area contributed by atoms with E-state index in [-0.39, 0.29) is 12.5 Å². The Morgan fingerprint density at radius 3 is 2.74 bits per heavy atom. The SMILES string of the molecule is CC(=O)N(Cc1cc(C)ccc1OCCF)c1cccnc1C. The molecule has 0 spiro atoms. The molecule has 5 heteroatoms. The highest BCUT2D eigenvalue weighted by Gasteiger charge is 2.17. The van der Waals surface area contributed by atoms with Gasteiger partial charge in [-0.1, -0.05) is 17.7 Å². The van der Waals surface area contributed by atoms with E-state index in [0.717, 1.165) is 22.5 Å². The van der Waals surface area contributed by atoms with Crippen LogP contribution in [0, 0.1) is 13.8 Å². The fraction of sp³-hybridized carbons (Fsp3) is 0.333. The Labute approximate surface area is 135 Å². The maximum Gasteiger partial charge on any atom is 0.224 e. The lowest BCUT2D eigenvalue weighted by Crippen LogP contribution is -2.29. The Kier molecular flexibility index (Phi) is 5.68. The van der Waals surface area contributed by atoms with Crippen LogP contribution in [0.15, 0.2) is 36.5 Å². The van der Waals surface area contributed by atoms with Gasteiger partial charge in [-0.25, -0.2) is 4.39 Å². The molecule has 0 N–H and O–H groups in total. The number of hydrogen-bond donors (Lipinski definition) is 0. The molecule has 23 heavy (non-hydrogen) atoms. The van der Waals surface area contributed by atoms with E-state index in [4.69, 9.17) is 4.74 Å². The van der Waals surface area contributed by atoms with Crippen LogP contribution in [0.4, 0.5) is 10.1 Å². The van der Waals surface area contributed by atoms with Crippen LogP contribution in [0.25, 0.3) is 0 Å². The molecule has 0 aliphatic carbocycles. The van der Waals surface area contributed by atoms with Gasteiger partial charge in [0.05, 0.1) is 17.9 Å². The van der Waals surface area contributed by atoms with Gasteiger partial charge in [-0.15, -0.1) is 0 Å². The summed E-state index contributed by atoms with van der Waals surface area (Å²) in [5.41, 5.74) is 3.44. The van der Waals surface area contributed by atoms with Gasteiger partial charge in [-0.2, -0.15) is 0 Å². The fourth-order valence-corrected chi connectivity index (χ4v) is 2.42. The van der Waals surface area contributed by atoms with Crippen molar-refractivity contribution in [3.8, 4) is 5.75 Å². The average Bonchev–Trinajstić information content (AvgIpc) is 2.52. The van der Waals surface area contributed by atoms with Crippen molar-refractivity contribution in [2.45, 2.75) is 27.3 Å². The van der Waals surface area contributed by atoms with E-state index in [2.05, 4.69) is 4.98 Å². The second kappa shape index (κ2) is 7.72. The number of benzene rings is 1. The Hall–Kier alpha value is -2.43. The molecule has 1 aromatic carbocycles. The third-order valence-electron chi connectivity index (χ3n) is 3.53. The van der Waals surface area contributed by atoms with Gasteiger partial charge in [0, 0.05) is 18.7 Å². The Balaban J connectivity index is 2.35. The molecule has 2 aromatic rings. The monoisotopic (exact) mass is 316 g/mol. The largest absolute Gasteiger partial charge is 0.491 e. The fourth-order valence-electron chi connectivity index (χ4n) is 2.42. The van der Waals surface area contributed by atoms with Crippen molar-refractivity contribution in [3.63, 3.8) is 0 Å². The number of rotatable bonds is 6. The van der Waals surface area contributed by atoms with Crippen LogP contribution in [-0.2, 0) is 11.3 Å². The third kappa shape index (κ3) is 4.28. The molecule has 0 aliphatic rings. The Bertz CT molecular complexity index is 688.